The second-order valence-corrected chi connectivity index (χ2v) is 5.12. The van der Waals surface area contributed by atoms with Crippen LogP contribution in [-0.4, -0.2) is 11.2 Å². The van der Waals surface area contributed by atoms with Crippen molar-refractivity contribution in [3.05, 3.63) is 74.6 Å². The Morgan fingerprint density at radius 3 is 2.95 bits per heavy atom. The lowest BCUT2D eigenvalue weighted by atomic mass is 10.1. The Labute approximate surface area is 121 Å². The Kier molecular flexibility index (Phi) is 2.44. The number of nitrogens with zero attached hydrogens (tertiary/aromatic N) is 2. The minimum Gasteiger partial charge on any atom is -0.347 e. The summed E-state index contributed by atoms with van der Waals surface area (Å²) in [6.45, 7) is 1.94. The molecule has 4 nitrogen and oxygen atoms in total. The van der Waals surface area contributed by atoms with Crippen molar-refractivity contribution in [2.24, 2.45) is 4.99 Å². The van der Waals surface area contributed by atoms with Gasteiger partial charge in [-0.1, -0.05) is 24.3 Å². The van der Waals surface area contributed by atoms with E-state index in [2.05, 4.69) is 9.98 Å². The predicted octanol–water partition coefficient (Wildman–Crippen LogP) is 1.08. The van der Waals surface area contributed by atoms with Crippen molar-refractivity contribution in [2.75, 3.05) is 4.90 Å². The van der Waals surface area contributed by atoms with Crippen molar-refractivity contribution in [2.45, 2.75) is 6.92 Å². The number of aliphatic imine (C=N–C) groups is 1. The normalized spacial score (nSPS) is 15.4. The first-order valence-electron chi connectivity index (χ1n) is 6.78. The fraction of sp³-hybridized carbons (Fsp3) is 0.0588. The van der Waals surface area contributed by atoms with Crippen molar-refractivity contribution in [1.29, 1.82) is 0 Å². The van der Waals surface area contributed by atoms with Gasteiger partial charge in [-0.3, -0.25) is 14.7 Å². The van der Waals surface area contributed by atoms with Gasteiger partial charge in [0, 0.05) is 23.7 Å². The summed E-state index contributed by atoms with van der Waals surface area (Å²) in [7, 11) is 0. The molecule has 0 saturated heterocycles. The Morgan fingerprint density at radius 2 is 2.05 bits per heavy atom. The number of benzene rings is 1. The molecule has 2 aromatic rings. The second kappa shape index (κ2) is 4.31. The topological polar surface area (TPSA) is 48.5 Å². The molecule has 1 aromatic heterocycles. The van der Waals surface area contributed by atoms with Crippen LogP contribution in [0.15, 0.2) is 58.2 Å². The first-order chi connectivity index (χ1) is 10.2. The third-order valence-electron chi connectivity index (χ3n) is 3.72. The molecular formula is C17H13N3O. The predicted molar refractivity (Wildman–Crippen MR) is 84.5 cm³/mol. The van der Waals surface area contributed by atoms with Crippen LogP contribution in [0.25, 0.3) is 11.8 Å². The average molecular weight is 275 g/mol. The van der Waals surface area contributed by atoms with Crippen molar-refractivity contribution < 1.29 is 0 Å². The number of anilines is 1. The number of hydrogen-bond donors (Lipinski definition) is 1. The zero-order chi connectivity index (χ0) is 14.4. The van der Waals surface area contributed by atoms with E-state index < -0.39 is 0 Å². The molecule has 0 atom stereocenters. The smallest absolute Gasteiger partial charge is 0.190 e. The number of nitrogens with one attached hydrogen (secondary N) is 1. The lowest BCUT2D eigenvalue weighted by Crippen LogP contribution is -2.32. The molecule has 0 unspecified atom stereocenters. The summed E-state index contributed by atoms with van der Waals surface area (Å²) in [6.07, 6.45) is 7.41. The van der Waals surface area contributed by atoms with Crippen LogP contribution in [0.5, 0.6) is 0 Å². The van der Waals surface area contributed by atoms with Gasteiger partial charge in [-0.2, -0.15) is 0 Å². The van der Waals surface area contributed by atoms with Gasteiger partial charge in [0.05, 0.1) is 23.2 Å². The minimum atomic E-state index is 0.00775. The van der Waals surface area contributed by atoms with Gasteiger partial charge in [0.15, 0.2) is 5.43 Å². The van der Waals surface area contributed by atoms with E-state index in [-0.39, 0.29) is 5.43 Å². The largest absolute Gasteiger partial charge is 0.347 e. The lowest BCUT2D eigenvalue weighted by Gasteiger charge is -2.24. The highest BCUT2D eigenvalue weighted by Crippen LogP contribution is 2.24. The number of aromatic nitrogens is 1. The monoisotopic (exact) mass is 275 g/mol. The minimum absolute atomic E-state index is 0.00775. The number of pyridine rings is 1. The molecule has 0 radical (unpaired) electrons. The Balaban J connectivity index is 2.21. The molecule has 0 amide bonds. The SMILES string of the molecule is CC1=CN2C(=c3ccccc3=Cc3c2[nH]ccc3=O)C=N1. The van der Waals surface area contributed by atoms with Crippen molar-refractivity contribution >= 4 is 23.8 Å². The Morgan fingerprint density at radius 1 is 1.19 bits per heavy atom. The molecular weight excluding hydrogens is 262 g/mol. The molecule has 3 heterocycles. The van der Waals surface area contributed by atoms with Crippen LogP contribution in [0.1, 0.15) is 12.5 Å². The molecule has 0 saturated carbocycles. The fourth-order valence-corrected chi connectivity index (χ4v) is 2.73. The van der Waals surface area contributed by atoms with Gasteiger partial charge in [0.1, 0.15) is 5.82 Å². The maximum absolute atomic E-state index is 12.2. The third kappa shape index (κ3) is 1.76. The number of allylic oxidation sites excluding steroid dienone is 1. The van der Waals surface area contributed by atoms with Crippen LogP contribution >= 0.6 is 0 Å². The van der Waals surface area contributed by atoms with Gasteiger partial charge in [-0.15, -0.1) is 0 Å². The zero-order valence-corrected chi connectivity index (χ0v) is 11.5. The molecule has 2 aliphatic rings. The van der Waals surface area contributed by atoms with E-state index in [9.17, 15) is 4.79 Å². The Hall–Kier alpha value is -2.88. The van der Waals surface area contributed by atoms with Crippen molar-refractivity contribution in [1.82, 2.24) is 4.98 Å². The van der Waals surface area contributed by atoms with Gasteiger partial charge < -0.3 is 4.98 Å². The first-order valence-corrected chi connectivity index (χ1v) is 6.78. The first kappa shape index (κ1) is 11.9. The van der Waals surface area contributed by atoms with E-state index in [1.807, 2.05) is 54.6 Å². The molecule has 0 aliphatic carbocycles. The maximum atomic E-state index is 12.2. The number of hydrogen-bond acceptors (Lipinski definition) is 3. The van der Waals surface area contributed by atoms with Gasteiger partial charge in [-0.25, -0.2) is 0 Å². The highest BCUT2D eigenvalue weighted by Gasteiger charge is 2.20. The summed E-state index contributed by atoms with van der Waals surface area (Å²) in [4.78, 5) is 21.8. The zero-order valence-electron chi connectivity index (χ0n) is 11.5. The molecule has 1 aromatic carbocycles. The summed E-state index contributed by atoms with van der Waals surface area (Å²) in [5, 5.41) is 2.08. The Bertz CT molecular complexity index is 980. The molecule has 1 N–H and O–H groups in total. The van der Waals surface area contributed by atoms with Gasteiger partial charge in [0.25, 0.3) is 0 Å². The summed E-state index contributed by atoms with van der Waals surface area (Å²) in [5.41, 5.74) is 2.54. The molecule has 0 bridgehead atoms. The number of fused-ring (bicyclic) bond motifs is 4. The fourth-order valence-electron chi connectivity index (χ4n) is 2.73. The summed E-state index contributed by atoms with van der Waals surface area (Å²) < 4.78 is 0. The number of rotatable bonds is 0. The van der Waals surface area contributed by atoms with Gasteiger partial charge in [0.2, 0.25) is 0 Å². The standard InChI is InChI=1S/C17H13N3O/c1-11-10-20-15(9-19-11)13-5-3-2-4-12(13)8-14-16(21)6-7-18-17(14)20/h2-10H,1H3,(H,18,21). The van der Waals surface area contributed by atoms with E-state index in [1.165, 1.54) is 0 Å². The molecule has 4 rings (SSSR count). The number of aromatic amines is 1. The van der Waals surface area contributed by atoms with E-state index in [0.29, 0.717) is 5.56 Å². The van der Waals surface area contributed by atoms with Crippen LogP contribution in [0.4, 0.5) is 5.82 Å². The van der Waals surface area contributed by atoms with Crippen LogP contribution in [0.2, 0.25) is 0 Å². The van der Waals surface area contributed by atoms with Crippen molar-refractivity contribution in [3.63, 3.8) is 0 Å². The third-order valence-corrected chi connectivity index (χ3v) is 3.72. The molecule has 102 valence electrons. The van der Waals surface area contributed by atoms with Crippen LogP contribution in [0.3, 0.4) is 0 Å². The van der Waals surface area contributed by atoms with Gasteiger partial charge in [-0.05, 0) is 18.2 Å². The average Bonchev–Trinajstić information content (AvgIpc) is 2.63. The van der Waals surface area contributed by atoms with E-state index in [0.717, 1.165) is 27.6 Å². The van der Waals surface area contributed by atoms with Crippen molar-refractivity contribution in [3.8, 4) is 0 Å². The quantitative estimate of drug-likeness (QED) is 0.782. The highest BCUT2D eigenvalue weighted by molar-refractivity contribution is 6.10. The number of H-pyrrole nitrogens is 1. The summed E-state index contributed by atoms with van der Waals surface area (Å²) >= 11 is 0. The second-order valence-electron chi connectivity index (χ2n) is 5.12. The molecule has 21 heavy (non-hydrogen) atoms. The van der Waals surface area contributed by atoms with E-state index >= 15 is 0 Å². The van der Waals surface area contributed by atoms with Crippen LogP contribution in [0, 0.1) is 0 Å². The molecule has 0 spiro atoms. The summed E-state index contributed by atoms with van der Waals surface area (Å²) in [6, 6.07) is 9.59. The molecule has 2 aliphatic heterocycles. The maximum Gasteiger partial charge on any atom is 0.190 e. The van der Waals surface area contributed by atoms with Crippen LogP contribution < -0.4 is 20.8 Å². The highest BCUT2D eigenvalue weighted by atomic mass is 16.1. The van der Waals surface area contributed by atoms with Gasteiger partial charge >= 0.3 is 0 Å². The summed E-state index contributed by atoms with van der Waals surface area (Å²) in [5.74, 6) is 0.777. The molecule has 0 fully saturated rings. The lowest BCUT2D eigenvalue weighted by molar-refractivity contribution is 1.13. The van der Waals surface area contributed by atoms with Crippen LogP contribution in [-0.2, 0) is 0 Å². The van der Waals surface area contributed by atoms with E-state index in [1.54, 1.807) is 12.3 Å². The molecule has 4 heteroatoms. The van der Waals surface area contributed by atoms with E-state index in [4.69, 9.17) is 0 Å².